The van der Waals surface area contributed by atoms with E-state index >= 15 is 0 Å². The third-order valence-electron chi connectivity index (χ3n) is 4.20. The lowest BCUT2D eigenvalue weighted by Crippen LogP contribution is -2.41. The molecule has 0 aliphatic carbocycles. The Kier molecular flexibility index (Phi) is 4.93. The van der Waals surface area contributed by atoms with Gasteiger partial charge in [0, 0.05) is 11.1 Å². The molecule has 0 radical (unpaired) electrons. The monoisotopic (exact) mass is 404 g/mol. The number of aromatic nitrogens is 3. The molecule has 1 aliphatic heterocycles. The maximum absolute atomic E-state index is 12.4. The molecule has 4 rings (SSSR count). The molecule has 0 saturated carbocycles. The van der Waals surface area contributed by atoms with Crippen LogP contribution in [0.3, 0.4) is 0 Å². The van der Waals surface area contributed by atoms with Crippen LogP contribution in [-0.4, -0.2) is 46.7 Å². The van der Waals surface area contributed by atoms with Crippen molar-refractivity contribution in [1.29, 1.82) is 0 Å². The fraction of sp³-hybridized carbons (Fsp3) is 0.211. The Labute approximate surface area is 163 Å². The fourth-order valence-electron chi connectivity index (χ4n) is 2.71. The predicted molar refractivity (Wildman–Crippen MR) is 97.1 cm³/mol. The normalized spacial score (nSPS) is 14.3. The zero-order chi connectivity index (χ0) is 20.4. The summed E-state index contributed by atoms with van der Waals surface area (Å²) in [6.45, 7) is 1.04. The first-order chi connectivity index (χ1) is 13.9. The standard InChI is InChI=1S/C19H15F3N4O3/c20-19(21,22)29-16-7-5-15(6-8-16)26-18(23-14-10-28-11-14)24-17(25-26)13-3-1-12(9-27)2-4-13/h1-9,14H,10-11H2,(H,23,24,25). The summed E-state index contributed by atoms with van der Waals surface area (Å²) in [6, 6.07) is 12.1. The summed E-state index contributed by atoms with van der Waals surface area (Å²) in [6.07, 6.45) is -4.02. The van der Waals surface area contributed by atoms with Gasteiger partial charge in [0.25, 0.3) is 0 Å². The molecular weight excluding hydrogens is 389 g/mol. The van der Waals surface area contributed by atoms with Gasteiger partial charge < -0.3 is 14.8 Å². The number of ether oxygens (including phenoxy) is 2. The van der Waals surface area contributed by atoms with Gasteiger partial charge in [-0.15, -0.1) is 18.3 Å². The van der Waals surface area contributed by atoms with Crippen LogP contribution in [0.5, 0.6) is 5.75 Å². The smallest absolute Gasteiger partial charge is 0.406 e. The predicted octanol–water partition coefficient (Wildman–Crippen LogP) is 3.46. The van der Waals surface area contributed by atoms with Gasteiger partial charge in [-0.05, 0) is 24.3 Å². The molecule has 1 N–H and O–H groups in total. The zero-order valence-electron chi connectivity index (χ0n) is 14.9. The van der Waals surface area contributed by atoms with Crippen LogP contribution in [0.2, 0.25) is 0 Å². The van der Waals surface area contributed by atoms with E-state index in [9.17, 15) is 18.0 Å². The van der Waals surface area contributed by atoms with Crippen molar-refractivity contribution in [3.05, 3.63) is 54.1 Å². The molecule has 0 spiro atoms. The molecule has 10 heteroatoms. The van der Waals surface area contributed by atoms with Crippen LogP contribution in [0.25, 0.3) is 17.1 Å². The average Bonchev–Trinajstić information content (AvgIpc) is 3.08. The number of hydrogen-bond acceptors (Lipinski definition) is 6. The topological polar surface area (TPSA) is 78.3 Å². The highest BCUT2D eigenvalue weighted by molar-refractivity contribution is 5.76. The molecule has 1 aromatic heterocycles. The van der Waals surface area contributed by atoms with Crippen molar-refractivity contribution in [3.63, 3.8) is 0 Å². The second kappa shape index (κ2) is 7.55. The number of anilines is 1. The Morgan fingerprint density at radius 3 is 2.34 bits per heavy atom. The Morgan fingerprint density at radius 1 is 1.10 bits per heavy atom. The van der Waals surface area contributed by atoms with Gasteiger partial charge in [0.1, 0.15) is 12.0 Å². The summed E-state index contributed by atoms with van der Waals surface area (Å²) in [5.74, 6) is 0.506. The summed E-state index contributed by atoms with van der Waals surface area (Å²) >= 11 is 0. The van der Waals surface area contributed by atoms with E-state index < -0.39 is 6.36 Å². The van der Waals surface area contributed by atoms with Crippen LogP contribution in [0.4, 0.5) is 19.1 Å². The number of halogens is 3. The highest BCUT2D eigenvalue weighted by atomic mass is 19.4. The Hall–Kier alpha value is -3.40. The van der Waals surface area contributed by atoms with Crippen LogP contribution in [0.1, 0.15) is 10.4 Å². The van der Waals surface area contributed by atoms with E-state index in [1.165, 1.54) is 28.9 Å². The molecule has 0 atom stereocenters. The number of benzene rings is 2. The van der Waals surface area contributed by atoms with Crippen LogP contribution in [-0.2, 0) is 4.74 Å². The van der Waals surface area contributed by atoms with Gasteiger partial charge in [-0.2, -0.15) is 9.67 Å². The molecule has 7 nitrogen and oxygen atoms in total. The lowest BCUT2D eigenvalue weighted by atomic mass is 10.1. The Morgan fingerprint density at radius 2 is 1.79 bits per heavy atom. The minimum atomic E-state index is -4.76. The minimum Gasteiger partial charge on any atom is -0.406 e. The lowest BCUT2D eigenvalue weighted by molar-refractivity contribution is -0.274. The van der Waals surface area contributed by atoms with Gasteiger partial charge in [-0.25, -0.2) is 0 Å². The molecule has 150 valence electrons. The molecule has 29 heavy (non-hydrogen) atoms. The SMILES string of the molecule is O=Cc1ccc(-c2nc(NC3COC3)n(-c3ccc(OC(F)(F)F)cc3)n2)cc1. The van der Waals surface area contributed by atoms with Crippen molar-refractivity contribution in [2.75, 3.05) is 18.5 Å². The number of nitrogens with zero attached hydrogens (tertiary/aromatic N) is 3. The molecule has 0 amide bonds. The van der Waals surface area contributed by atoms with Gasteiger partial charge in [-0.3, -0.25) is 4.79 Å². The van der Waals surface area contributed by atoms with Crippen LogP contribution in [0.15, 0.2) is 48.5 Å². The lowest BCUT2D eigenvalue weighted by Gasteiger charge is -2.27. The number of aldehydes is 1. The van der Waals surface area contributed by atoms with Crippen molar-refractivity contribution in [1.82, 2.24) is 14.8 Å². The minimum absolute atomic E-state index is 0.0658. The molecule has 1 saturated heterocycles. The summed E-state index contributed by atoms with van der Waals surface area (Å²) in [5, 5.41) is 7.68. The van der Waals surface area contributed by atoms with E-state index in [1.807, 2.05) is 0 Å². The van der Waals surface area contributed by atoms with Gasteiger partial charge in [0.2, 0.25) is 5.95 Å². The molecule has 3 aromatic rings. The summed E-state index contributed by atoms with van der Waals surface area (Å²) in [7, 11) is 0. The van der Waals surface area contributed by atoms with Crippen molar-refractivity contribution in [2.45, 2.75) is 12.4 Å². The van der Waals surface area contributed by atoms with Crippen LogP contribution in [0, 0.1) is 0 Å². The summed E-state index contributed by atoms with van der Waals surface area (Å²) in [5.41, 5.74) is 1.73. The average molecular weight is 404 g/mol. The largest absolute Gasteiger partial charge is 0.573 e. The number of rotatable bonds is 6. The maximum atomic E-state index is 12.4. The second-order valence-corrected chi connectivity index (χ2v) is 6.33. The fourth-order valence-corrected chi connectivity index (χ4v) is 2.71. The van der Waals surface area contributed by atoms with Crippen molar-refractivity contribution in [3.8, 4) is 22.8 Å². The first kappa shape index (κ1) is 18.9. The quantitative estimate of drug-likeness (QED) is 0.634. The van der Waals surface area contributed by atoms with E-state index in [1.54, 1.807) is 24.3 Å². The first-order valence-corrected chi connectivity index (χ1v) is 8.64. The number of carbonyl (C=O) groups is 1. The third kappa shape index (κ3) is 4.37. The molecule has 2 aromatic carbocycles. The number of nitrogens with one attached hydrogen (secondary N) is 1. The highest BCUT2D eigenvalue weighted by Crippen LogP contribution is 2.26. The van der Waals surface area contributed by atoms with E-state index in [4.69, 9.17) is 4.74 Å². The van der Waals surface area contributed by atoms with Crippen LogP contribution >= 0.6 is 0 Å². The van der Waals surface area contributed by atoms with Gasteiger partial charge in [0.05, 0.1) is 24.9 Å². The van der Waals surface area contributed by atoms with Crippen molar-refractivity contribution >= 4 is 12.2 Å². The number of carbonyl (C=O) groups excluding carboxylic acids is 1. The summed E-state index contributed by atoms with van der Waals surface area (Å²) in [4.78, 5) is 15.3. The Balaban J connectivity index is 1.66. The molecular formula is C19H15F3N4O3. The maximum Gasteiger partial charge on any atom is 0.573 e. The van der Waals surface area contributed by atoms with Gasteiger partial charge >= 0.3 is 6.36 Å². The Bertz CT molecular complexity index is 997. The van der Waals surface area contributed by atoms with E-state index in [-0.39, 0.29) is 11.8 Å². The van der Waals surface area contributed by atoms with Gasteiger partial charge in [0.15, 0.2) is 5.82 Å². The van der Waals surface area contributed by atoms with E-state index in [0.717, 1.165) is 6.29 Å². The first-order valence-electron chi connectivity index (χ1n) is 8.64. The highest BCUT2D eigenvalue weighted by Gasteiger charge is 2.31. The zero-order valence-corrected chi connectivity index (χ0v) is 14.9. The molecule has 1 fully saturated rings. The molecule has 1 aliphatic rings. The molecule has 2 heterocycles. The van der Waals surface area contributed by atoms with Gasteiger partial charge in [-0.1, -0.05) is 24.3 Å². The molecule has 0 unspecified atom stereocenters. The van der Waals surface area contributed by atoms with Crippen molar-refractivity contribution in [2.24, 2.45) is 0 Å². The third-order valence-corrected chi connectivity index (χ3v) is 4.20. The van der Waals surface area contributed by atoms with Crippen molar-refractivity contribution < 1.29 is 27.4 Å². The van der Waals surface area contributed by atoms with Crippen LogP contribution < -0.4 is 10.1 Å². The number of alkyl halides is 3. The molecule has 0 bridgehead atoms. The summed E-state index contributed by atoms with van der Waals surface area (Å²) < 4.78 is 47.7. The van der Waals surface area contributed by atoms with E-state index in [0.29, 0.717) is 41.8 Å². The number of hydrogen-bond donors (Lipinski definition) is 1. The second-order valence-electron chi connectivity index (χ2n) is 6.33. The van der Waals surface area contributed by atoms with E-state index in [2.05, 4.69) is 20.1 Å².